The summed E-state index contributed by atoms with van der Waals surface area (Å²) in [5, 5.41) is 10.8. The van der Waals surface area contributed by atoms with Crippen LogP contribution in [0.4, 0.5) is 0 Å². The fourth-order valence-corrected chi connectivity index (χ4v) is 3.06. The normalized spacial score (nSPS) is 10.8. The number of halogens is 1. The van der Waals surface area contributed by atoms with Crippen LogP contribution >= 0.6 is 27.3 Å². The fraction of sp³-hybridized carbons (Fsp3) is 0.125. The molecular formula is C16H13BrO4S. The first kappa shape index (κ1) is 16.5. The molecule has 0 radical (unpaired) electrons. The van der Waals surface area contributed by atoms with Crippen molar-refractivity contribution in [2.24, 2.45) is 0 Å². The highest BCUT2D eigenvalue weighted by Crippen LogP contribution is 2.23. The highest BCUT2D eigenvalue weighted by atomic mass is 79.9. The Hall–Kier alpha value is -1.92. The van der Waals surface area contributed by atoms with Crippen LogP contribution in [-0.2, 0) is 11.2 Å². The molecular weight excluding hydrogens is 368 g/mol. The molecule has 6 heteroatoms. The van der Waals surface area contributed by atoms with Gasteiger partial charge in [-0.05, 0) is 57.2 Å². The Morgan fingerprint density at radius 1 is 1.36 bits per heavy atom. The molecule has 4 nitrogen and oxygen atoms in total. The Kier molecular flexibility index (Phi) is 5.51. The van der Waals surface area contributed by atoms with Crippen molar-refractivity contribution in [2.75, 3.05) is 7.11 Å². The molecule has 0 amide bonds. The van der Waals surface area contributed by atoms with Gasteiger partial charge in [-0.1, -0.05) is 6.08 Å². The maximum Gasteiger partial charge on any atom is 0.307 e. The van der Waals surface area contributed by atoms with E-state index in [4.69, 9.17) is 9.84 Å². The molecule has 0 atom stereocenters. The molecule has 0 fully saturated rings. The molecule has 2 rings (SSSR count). The lowest BCUT2D eigenvalue weighted by molar-refractivity contribution is -0.136. The molecule has 1 aromatic carbocycles. The lowest BCUT2D eigenvalue weighted by Crippen LogP contribution is -2.04. The van der Waals surface area contributed by atoms with Crippen molar-refractivity contribution in [1.82, 2.24) is 0 Å². The van der Waals surface area contributed by atoms with Gasteiger partial charge in [0.25, 0.3) is 0 Å². The summed E-state index contributed by atoms with van der Waals surface area (Å²) < 4.78 is 6.11. The second kappa shape index (κ2) is 7.38. The predicted octanol–water partition coefficient (Wildman–Crippen LogP) is 4.04. The molecule has 0 aliphatic heterocycles. The zero-order valence-electron chi connectivity index (χ0n) is 11.7. The summed E-state index contributed by atoms with van der Waals surface area (Å²) in [6.45, 7) is 0. The number of thiophene rings is 1. The Balaban J connectivity index is 2.22. The van der Waals surface area contributed by atoms with Gasteiger partial charge in [0.05, 0.1) is 17.3 Å². The van der Waals surface area contributed by atoms with Crippen LogP contribution in [0.2, 0.25) is 0 Å². The molecule has 0 saturated heterocycles. The number of rotatable bonds is 6. The van der Waals surface area contributed by atoms with Crippen LogP contribution < -0.4 is 4.74 Å². The second-order valence-electron chi connectivity index (χ2n) is 4.48. The maximum absolute atomic E-state index is 12.2. The van der Waals surface area contributed by atoms with Gasteiger partial charge >= 0.3 is 5.97 Å². The van der Waals surface area contributed by atoms with Gasteiger partial charge in [-0.25, -0.2) is 0 Å². The van der Waals surface area contributed by atoms with Crippen molar-refractivity contribution in [3.8, 4) is 5.75 Å². The summed E-state index contributed by atoms with van der Waals surface area (Å²) in [5.74, 6) is -0.692. The number of ketones is 1. The minimum Gasteiger partial charge on any atom is -0.496 e. The van der Waals surface area contributed by atoms with E-state index in [0.29, 0.717) is 16.9 Å². The van der Waals surface area contributed by atoms with Crippen LogP contribution in [0.25, 0.3) is 6.08 Å². The lowest BCUT2D eigenvalue weighted by Gasteiger charge is -2.07. The summed E-state index contributed by atoms with van der Waals surface area (Å²) in [6.07, 6.45) is 3.01. The van der Waals surface area contributed by atoms with E-state index in [1.165, 1.54) is 24.5 Å². The van der Waals surface area contributed by atoms with Crippen LogP contribution in [0.1, 0.15) is 21.5 Å². The van der Waals surface area contributed by atoms with Gasteiger partial charge in [0.1, 0.15) is 5.75 Å². The first-order chi connectivity index (χ1) is 10.5. The molecule has 0 aliphatic rings. The van der Waals surface area contributed by atoms with Gasteiger partial charge in [-0.15, -0.1) is 11.3 Å². The van der Waals surface area contributed by atoms with E-state index in [1.54, 1.807) is 24.3 Å². The van der Waals surface area contributed by atoms with Gasteiger partial charge in [0.2, 0.25) is 0 Å². The molecule has 0 spiro atoms. The number of carboxylic acids is 1. The largest absolute Gasteiger partial charge is 0.496 e. The van der Waals surface area contributed by atoms with Crippen molar-refractivity contribution in [3.63, 3.8) is 0 Å². The minimum atomic E-state index is -0.971. The average molecular weight is 381 g/mol. The number of carbonyl (C=O) groups excluding carboxylic acids is 1. The molecule has 114 valence electrons. The summed E-state index contributed by atoms with van der Waals surface area (Å²) in [7, 11) is 1.47. The van der Waals surface area contributed by atoms with Crippen molar-refractivity contribution >= 4 is 45.1 Å². The van der Waals surface area contributed by atoms with Gasteiger partial charge < -0.3 is 9.84 Å². The highest BCUT2D eigenvalue weighted by Gasteiger charge is 2.11. The number of hydrogen-bond donors (Lipinski definition) is 1. The zero-order chi connectivity index (χ0) is 16.1. The van der Waals surface area contributed by atoms with Crippen LogP contribution in [0.5, 0.6) is 5.75 Å². The summed E-state index contributed by atoms with van der Waals surface area (Å²) in [6, 6.07) is 6.71. The zero-order valence-corrected chi connectivity index (χ0v) is 14.1. The Morgan fingerprint density at radius 2 is 2.14 bits per heavy atom. The monoisotopic (exact) mass is 380 g/mol. The number of aliphatic carboxylic acids is 1. The number of hydrogen-bond acceptors (Lipinski definition) is 4. The van der Waals surface area contributed by atoms with Crippen molar-refractivity contribution in [3.05, 3.63) is 56.2 Å². The number of benzene rings is 1. The summed E-state index contributed by atoms with van der Waals surface area (Å²) in [5.41, 5.74) is 1.85. The fourth-order valence-electron chi connectivity index (χ4n) is 1.91. The number of ether oxygens (including phenoxy) is 1. The van der Waals surface area contributed by atoms with E-state index in [2.05, 4.69) is 15.9 Å². The van der Waals surface area contributed by atoms with Crippen molar-refractivity contribution in [1.29, 1.82) is 0 Å². The van der Waals surface area contributed by atoms with Crippen LogP contribution in [0.3, 0.4) is 0 Å². The van der Waals surface area contributed by atoms with E-state index in [0.717, 1.165) is 9.35 Å². The van der Waals surface area contributed by atoms with Gasteiger partial charge in [-0.3, -0.25) is 9.59 Å². The predicted molar refractivity (Wildman–Crippen MR) is 89.7 cm³/mol. The number of allylic oxidation sites excluding steroid dienone is 1. The smallest absolute Gasteiger partial charge is 0.307 e. The highest BCUT2D eigenvalue weighted by molar-refractivity contribution is 9.11. The molecule has 22 heavy (non-hydrogen) atoms. The third kappa shape index (κ3) is 4.29. The number of carbonyl (C=O) groups is 2. The topological polar surface area (TPSA) is 63.6 Å². The van der Waals surface area contributed by atoms with E-state index in [1.807, 2.05) is 11.4 Å². The molecule has 1 aromatic heterocycles. The van der Waals surface area contributed by atoms with Gasteiger partial charge in [0, 0.05) is 11.1 Å². The van der Waals surface area contributed by atoms with Crippen LogP contribution in [0, 0.1) is 0 Å². The average Bonchev–Trinajstić information content (AvgIpc) is 2.89. The molecule has 2 aromatic rings. The van der Waals surface area contributed by atoms with Gasteiger partial charge in [0.15, 0.2) is 5.78 Å². The molecule has 0 saturated carbocycles. The van der Waals surface area contributed by atoms with E-state index >= 15 is 0 Å². The lowest BCUT2D eigenvalue weighted by atomic mass is 10.0. The molecule has 0 bridgehead atoms. The Labute approximate surface area is 140 Å². The van der Waals surface area contributed by atoms with E-state index < -0.39 is 5.97 Å². The van der Waals surface area contributed by atoms with Crippen molar-refractivity contribution in [2.45, 2.75) is 6.42 Å². The SMILES string of the molecule is COc1ccc(C(=O)/C=C/c2csc(Br)c2)cc1CC(=O)O. The first-order valence-electron chi connectivity index (χ1n) is 6.34. The Morgan fingerprint density at radius 3 is 2.73 bits per heavy atom. The molecule has 1 heterocycles. The molecule has 0 aliphatic carbocycles. The summed E-state index contributed by atoms with van der Waals surface area (Å²) in [4.78, 5) is 23.1. The van der Waals surface area contributed by atoms with Crippen molar-refractivity contribution < 1.29 is 19.4 Å². The quantitative estimate of drug-likeness (QED) is 0.606. The standard InChI is InChI=1S/C16H13BrO4S/c1-21-14-5-3-11(7-12(14)8-16(19)20)13(18)4-2-10-6-15(17)22-9-10/h2-7,9H,8H2,1H3,(H,19,20)/b4-2+. The molecule has 0 unspecified atom stereocenters. The maximum atomic E-state index is 12.2. The Bertz CT molecular complexity index is 733. The van der Waals surface area contributed by atoms with Crippen LogP contribution in [0.15, 0.2) is 39.5 Å². The molecule has 1 N–H and O–H groups in total. The number of methoxy groups -OCH3 is 1. The second-order valence-corrected chi connectivity index (χ2v) is 6.77. The van der Waals surface area contributed by atoms with Gasteiger partial charge in [-0.2, -0.15) is 0 Å². The number of carboxylic acid groups (broad SMARTS) is 1. The van der Waals surface area contributed by atoms with E-state index in [-0.39, 0.29) is 12.2 Å². The minimum absolute atomic E-state index is 0.184. The summed E-state index contributed by atoms with van der Waals surface area (Å²) >= 11 is 4.90. The van der Waals surface area contributed by atoms with Crippen LogP contribution in [-0.4, -0.2) is 24.0 Å². The third-order valence-corrected chi connectivity index (χ3v) is 4.44. The third-order valence-electron chi connectivity index (χ3n) is 2.92. The first-order valence-corrected chi connectivity index (χ1v) is 8.02. The van der Waals surface area contributed by atoms with E-state index in [9.17, 15) is 9.59 Å².